The lowest BCUT2D eigenvalue weighted by Gasteiger charge is -2.09. The monoisotopic (exact) mass is 210 g/mol. The molecule has 0 saturated heterocycles. The highest BCUT2D eigenvalue weighted by molar-refractivity contribution is 6.28. The van der Waals surface area contributed by atoms with E-state index in [2.05, 4.69) is 9.15 Å². The fourth-order valence-corrected chi connectivity index (χ4v) is 0.858. The Labute approximate surface area is 77.2 Å². The molecule has 0 N–H and O–H groups in total. The molecule has 0 aliphatic rings. The van der Waals surface area contributed by atoms with Gasteiger partial charge < -0.3 is 9.15 Å². The first kappa shape index (κ1) is 9.98. The van der Waals surface area contributed by atoms with Crippen LogP contribution >= 0.6 is 11.6 Å². The first-order valence-electron chi connectivity index (χ1n) is 3.20. The van der Waals surface area contributed by atoms with E-state index in [-0.39, 0.29) is 5.22 Å². The third-order valence-electron chi connectivity index (χ3n) is 1.32. The Morgan fingerprint density at radius 1 is 1.62 bits per heavy atom. The van der Waals surface area contributed by atoms with Gasteiger partial charge in [-0.25, -0.2) is 4.79 Å². The summed E-state index contributed by atoms with van der Waals surface area (Å²) >= 11 is 5.26. The summed E-state index contributed by atoms with van der Waals surface area (Å²) in [5.41, 5.74) is 0. The lowest BCUT2D eigenvalue weighted by molar-refractivity contribution is -0.172. The van der Waals surface area contributed by atoms with Gasteiger partial charge in [0.25, 0.3) is 0 Å². The second-order valence-electron chi connectivity index (χ2n) is 2.17. The van der Waals surface area contributed by atoms with Crippen molar-refractivity contribution in [2.24, 2.45) is 0 Å². The van der Waals surface area contributed by atoms with Gasteiger partial charge in [-0.15, -0.1) is 0 Å². The number of carbonyl (C=O) groups excluding carboxylic acids is 1. The fourth-order valence-electron chi connectivity index (χ4n) is 0.712. The zero-order chi connectivity index (χ0) is 10.1. The standard InChI is InChI=1S/C7H5ClF2O3/c1-12-6(11)7(9,10)4-2-3-5(8)13-4/h2-3H,1H3. The molecular weight excluding hydrogens is 206 g/mol. The molecule has 72 valence electrons. The molecule has 0 amide bonds. The lowest BCUT2D eigenvalue weighted by atomic mass is 10.2. The third kappa shape index (κ3) is 1.80. The number of hydrogen-bond acceptors (Lipinski definition) is 3. The maximum atomic E-state index is 12.9. The molecule has 0 saturated carbocycles. The smallest absolute Gasteiger partial charge is 0.399 e. The Balaban J connectivity index is 2.99. The van der Waals surface area contributed by atoms with Crippen molar-refractivity contribution in [1.29, 1.82) is 0 Å². The predicted molar refractivity (Wildman–Crippen MR) is 39.6 cm³/mol. The molecule has 1 rings (SSSR count). The molecule has 0 unspecified atom stereocenters. The van der Waals surface area contributed by atoms with E-state index in [1.54, 1.807) is 0 Å². The normalized spacial score (nSPS) is 11.4. The van der Waals surface area contributed by atoms with Gasteiger partial charge >= 0.3 is 11.9 Å². The number of furan rings is 1. The van der Waals surface area contributed by atoms with Gasteiger partial charge in [-0.3, -0.25) is 0 Å². The van der Waals surface area contributed by atoms with Gasteiger partial charge in [0.2, 0.25) is 0 Å². The molecule has 1 aromatic heterocycles. The van der Waals surface area contributed by atoms with E-state index < -0.39 is 17.7 Å². The van der Waals surface area contributed by atoms with Crippen LogP contribution < -0.4 is 0 Å². The topological polar surface area (TPSA) is 39.4 Å². The minimum Gasteiger partial charge on any atom is -0.464 e. The van der Waals surface area contributed by atoms with Crippen molar-refractivity contribution in [1.82, 2.24) is 0 Å². The minimum atomic E-state index is -3.79. The first-order valence-corrected chi connectivity index (χ1v) is 3.58. The molecule has 3 nitrogen and oxygen atoms in total. The zero-order valence-electron chi connectivity index (χ0n) is 6.51. The van der Waals surface area contributed by atoms with Gasteiger partial charge in [-0.2, -0.15) is 8.78 Å². The molecule has 0 atom stereocenters. The maximum Gasteiger partial charge on any atom is 0.399 e. The molecule has 1 aromatic rings. The molecule has 6 heteroatoms. The Morgan fingerprint density at radius 3 is 2.62 bits per heavy atom. The van der Waals surface area contributed by atoms with E-state index in [9.17, 15) is 13.6 Å². The molecule has 13 heavy (non-hydrogen) atoms. The van der Waals surface area contributed by atoms with Crippen LogP contribution in [0.3, 0.4) is 0 Å². The second-order valence-corrected chi connectivity index (χ2v) is 2.54. The van der Waals surface area contributed by atoms with Crippen molar-refractivity contribution in [3.8, 4) is 0 Å². The molecule has 0 aliphatic heterocycles. The number of rotatable bonds is 2. The van der Waals surface area contributed by atoms with Crippen LogP contribution in [0.2, 0.25) is 5.22 Å². The second kappa shape index (κ2) is 3.33. The van der Waals surface area contributed by atoms with Crippen molar-refractivity contribution in [3.05, 3.63) is 23.1 Å². The van der Waals surface area contributed by atoms with E-state index >= 15 is 0 Å². The largest absolute Gasteiger partial charge is 0.464 e. The van der Waals surface area contributed by atoms with Crippen LogP contribution in [0.1, 0.15) is 5.76 Å². The van der Waals surface area contributed by atoms with Crippen molar-refractivity contribution in [3.63, 3.8) is 0 Å². The van der Waals surface area contributed by atoms with Crippen LogP contribution in [0.25, 0.3) is 0 Å². The number of hydrogen-bond donors (Lipinski definition) is 0. The summed E-state index contributed by atoms with van der Waals surface area (Å²) in [6.07, 6.45) is 0. The highest BCUT2D eigenvalue weighted by Crippen LogP contribution is 2.31. The Hall–Kier alpha value is -1.10. The van der Waals surface area contributed by atoms with E-state index in [0.717, 1.165) is 19.2 Å². The average molecular weight is 211 g/mol. The van der Waals surface area contributed by atoms with E-state index in [4.69, 9.17) is 11.6 Å². The zero-order valence-corrected chi connectivity index (χ0v) is 7.27. The minimum absolute atomic E-state index is 0.210. The van der Waals surface area contributed by atoms with Crippen molar-refractivity contribution >= 4 is 17.6 Å². The van der Waals surface area contributed by atoms with E-state index in [1.165, 1.54) is 0 Å². The highest BCUT2D eigenvalue weighted by atomic mass is 35.5. The van der Waals surface area contributed by atoms with Gasteiger partial charge in [0.15, 0.2) is 11.0 Å². The van der Waals surface area contributed by atoms with Gasteiger partial charge in [0, 0.05) is 0 Å². The Bertz CT molecular complexity index is 321. The Morgan fingerprint density at radius 2 is 2.23 bits per heavy atom. The van der Waals surface area contributed by atoms with Crippen LogP contribution in [0, 0.1) is 0 Å². The number of ether oxygens (including phenoxy) is 1. The van der Waals surface area contributed by atoms with Crippen LogP contribution in [0.15, 0.2) is 16.5 Å². The van der Waals surface area contributed by atoms with Gasteiger partial charge in [0.1, 0.15) is 0 Å². The summed E-state index contributed by atoms with van der Waals surface area (Å²) in [7, 11) is 0.862. The number of esters is 1. The van der Waals surface area contributed by atoms with Crippen molar-refractivity contribution in [2.75, 3.05) is 7.11 Å². The summed E-state index contributed by atoms with van der Waals surface area (Å²) in [6.45, 7) is 0. The quantitative estimate of drug-likeness (QED) is 0.703. The predicted octanol–water partition coefficient (Wildman–Crippen LogP) is 2.20. The number of carbonyl (C=O) groups is 1. The van der Waals surface area contributed by atoms with Gasteiger partial charge in [-0.1, -0.05) is 0 Å². The summed E-state index contributed by atoms with van der Waals surface area (Å²) < 4.78 is 34.1. The number of methoxy groups -OCH3 is 1. The average Bonchev–Trinajstić information content (AvgIpc) is 2.50. The molecule has 0 aliphatic carbocycles. The van der Waals surface area contributed by atoms with Crippen LogP contribution in [0.4, 0.5) is 8.78 Å². The maximum absolute atomic E-state index is 12.9. The van der Waals surface area contributed by atoms with E-state index in [0.29, 0.717) is 0 Å². The molecule has 0 radical (unpaired) electrons. The van der Waals surface area contributed by atoms with Crippen molar-refractivity contribution in [2.45, 2.75) is 5.92 Å². The summed E-state index contributed by atoms with van der Waals surface area (Å²) in [4.78, 5) is 10.6. The number of alkyl halides is 2. The van der Waals surface area contributed by atoms with Gasteiger partial charge in [-0.05, 0) is 23.7 Å². The summed E-state index contributed by atoms with van der Waals surface area (Å²) in [5, 5.41) is -0.210. The molecule has 0 fully saturated rings. The van der Waals surface area contributed by atoms with Crippen LogP contribution in [-0.2, 0) is 15.5 Å². The summed E-state index contributed by atoms with van der Waals surface area (Å²) in [6, 6.07) is 2.03. The van der Waals surface area contributed by atoms with Crippen LogP contribution in [0.5, 0.6) is 0 Å². The third-order valence-corrected chi connectivity index (χ3v) is 1.53. The summed E-state index contributed by atoms with van der Waals surface area (Å²) in [5.74, 6) is -6.30. The highest BCUT2D eigenvalue weighted by Gasteiger charge is 2.45. The molecule has 0 aromatic carbocycles. The van der Waals surface area contributed by atoms with Crippen molar-refractivity contribution < 1.29 is 22.7 Å². The lowest BCUT2D eigenvalue weighted by Crippen LogP contribution is -2.26. The van der Waals surface area contributed by atoms with Crippen LogP contribution in [-0.4, -0.2) is 13.1 Å². The molecular formula is C7H5ClF2O3. The fraction of sp³-hybridized carbons (Fsp3) is 0.286. The van der Waals surface area contributed by atoms with Gasteiger partial charge in [0.05, 0.1) is 7.11 Å². The Kier molecular flexibility index (Phi) is 2.56. The molecule has 0 spiro atoms. The molecule has 0 bridgehead atoms. The first-order chi connectivity index (χ1) is 5.98. The SMILES string of the molecule is COC(=O)C(F)(F)c1ccc(Cl)o1. The number of halogens is 3. The van der Waals surface area contributed by atoms with E-state index in [1.807, 2.05) is 0 Å². The molecule has 1 heterocycles.